The van der Waals surface area contributed by atoms with Crippen LogP contribution in [0.3, 0.4) is 0 Å². The van der Waals surface area contributed by atoms with E-state index in [-0.39, 0.29) is 0 Å². The molecule has 1 saturated heterocycles. The van der Waals surface area contributed by atoms with Crippen LogP contribution in [0, 0.1) is 0 Å². The highest BCUT2D eigenvalue weighted by Crippen LogP contribution is 2.29. The van der Waals surface area contributed by atoms with Gasteiger partial charge in [-0.15, -0.1) is 0 Å². The molecule has 164 valence electrons. The number of anilines is 1. The first-order valence-electron chi connectivity index (χ1n) is 10.9. The Kier molecular flexibility index (Phi) is 11.0. The third-order valence-electron chi connectivity index (χ3n) is 5.65. The van der Waals surface area contributed by atoms with Crippen molar-refractivity contribution in [1.29, 1.82) is 0 Å². The summed E-state index contributed by atoms with van der Waals surface area (Å²) in [7, 11) is 5.59. The van der Waals surface area contributed by atoms with Crippen LogP contribution < -0.4 is 10.6 Å². The van der Waals surface area contributed by atoms with Gasteiger partial charge in [0, 0.05) is 32.2 Å². The highest BCUT2D eigenvalue weighted by Gasteiger charge is 2.20. The summed E-state index contributed by atoms with van der Waals surface area (Å²) in [6.45, 7) is 4.74. The number of carbonyl (C=O) groups excluding carboxylic acids is 1. The lowest BCUT2D eigenvalue weighted by molar-refractivity contribution is -0.104. The molecule has 1 aromatic rings. The zero-order valence-corrected chi connectivity index (χ0v) is 18.7. The highest BCUT2D eigenvalue weighted by atomic mass is 16.5. The average molecular weight is 412 g/mol. The highest BCUT2D eigenvalue weighted by molar-refractivity contribution is 5.78. The molecule has 2 aliphatic rings. The van der Waals surface area contributed by atoms with E-state index >= 15 is 0 Å². The summed E-state index contributed by atoms with van der Waals surface area (Å²) in [5.74, 6) is 1.47. The number of aldehydes is 1. The van der Waals surface area contributed by atoms with Crippen LogP contribution in [0.4, 0.5) is 5.69 Å². The third-order valence-corrected chi connectivity index (χ3v) is 5.65. The van der Waals surface area contributed by atoms with Crippen LogP contribution in [0.1, 0.15) is 37.2 Å². The Morgan fingerprint density at radius 1 is 1.17 bits per heavy atom. The number of ether oxygens (including phenoxy) is 1. The van der Waals surface area contributed by atoms with Crippen molar-refractivity contribution in [2.24, 2.45) is 0 Å². The van der Waals surface area contributed by atoms with E-state index in [0.717, 1.165) is 30.9 Å². The van der Waals surface area contributed by atoms with Gasteiger partial charge < -0.3 is 20.3 Å². The lowest BCUT2D eigenvalue weighted by Crippen LogP contribution is -2.37. The molecule has 30 heavy (non-hydrogen) atoms. The Bertz CT molecular complexity index is 732. The minimum absolute atomic E-state index is 0.641. The van der Waals surface area contributed by atoms with Crippen LogP contribution in [0.15, 0.2) is 59.9 Å². The van der Waals surface area contributed by atoms with Gasteiger partial charge in [0.1, 0.15) is 5.76 Å². The van der Waals surface area contributed by atoms with Gasteiger partial charge in [0.25, 0.3) is 0 Å². The lowest BCUT2D eigenvalue weighted by Gasteiger charge is -2.32. The summed E-state index contributed by atoms with van der Waals surface area (Å²) in [4.78, 5) is 13.1. The molecule has 5 heteroatoms. The lowest BCUT2D eigenvalue weighted by atomic mass is 9.89. The molecule has 0 spiro atoms. The zero-order valence-electron chi connectivity index (χ0n) is 18.7. The Labute approximate surface area is 181 Å². The van der Waals surface area contributed by atoms with E-state index < -0.39 is 0 Å². The maximum atomic E-state index is 10.6. The predicted octanol–water partition coefficient (Wildman–Crippen LogP) is 4.12. The summed E-state index contributed by atoms with van der Waals surface area (Å²) in [6.07, 6.45) is 12.8. The van der Waals surface area contributed by atoms with E-state index in [2.05, 4.69) is 45.9 Å². The maximum absolute atomic E-state index is 10.6. The normalized spacial score (nSPS) is 22.1. The minimum atomic E-state index is 0.641. The Hall–Kier alpha value is -2.37. The van der Waals surface area contributed by atoms with E-state index in [1.807, 2.05) is 26.2 Å². The molecule has 0 saturated carbocycles. The Balaban J connectivity index is 0.000000232. The number of likely N-dealkylation sites (N-methyl/N-ethyl adjacent to an activating group) is 1. The van der Waals surface area contributed by atoms with Crippen LogP contribution >= 0.6 is 0 Å². The topological polar surface area (TPSA) is 53.6 Å². The Morgan fingerprint density at radius 3 is 2.63 bits per heavy atom. The van der Waals surface area contributed by atoms with Gasteiger partial charge >= 0.3 is 0 Å². The molecule has 0 bridgehead atoms. The number of methoxy groups -OCH3 is 1. The largest absolute Gasteiger partial charge is 0.500 e. The van der Waals surface area contributed by atoms with Crippen molar-refractivity contribution >= 4 is 12.0 Å². The zero-order chi connectivity index (χ0) is 21.6. The van der Waals surface area contributed by atoms with Crippen molar-refractivity contribution in [3.63, 3.8) is 0 Å². The average Bonchev–Trinajstić information content (AvgIpc) is 2.79. The Morgan fingerprint density at radius 2 is 1.97 bits per heavy atom. The number of hydrogen-bond acceptors (Lipinski definition) is 5. The molecule has 1 heterocycles. The molecule has 1 aromatic carbocycles. The molecule has 3 rings (SSSR count). The second kappa shape index (κ2) is 13.8. The molecular weight excluding hydrogens is 374 g/mol. The quantitative estimate of drug-likeness (QED) is 0.522. The van der Waals surface area contributed by atoms with E-state index in [1.54, 1.807) is 13.2 Å². The number of carbonyl (C=O) groups is 1. The number of piperidine rings is 1. The van der Waals surface area contributed by atoms with Crippen molar-refractivity contribution in [3.8, 4) is 0 Å². The van der Waals surface area contributed by atoms with Crippen LogP contribution in [-0.2, 0) is 9.53 Å². The summed E-state index contributed by atoms with van der Waals surface area (Å²) < 4.78 is 5.08. The molecule has 5 nitrogen and oxygen atoms in total. The first-order valence-corrected chi connectivity index (χ1v) is 10.9. The fraction of sp³-hybridized carbons (Fsp3) is 0.480. The van der Waals surface area contributed by atoms with Crippen molar-refractivity contribution in [1.82, 2.24) is 10.2 Å². The maximum Gasteiger partial charge on any atom is 0.153 e. The van der Waals surface area contributed by atoms with Crippen LogP contribution in [0.25, 0.3) is 0 Å². The number of nitrogens with one attached hydrogen (secondary N) is 2. The molecule has 0 atom stereocenters. The molecule has 0 radical (unpaired) electrons. The predicted molar refractivity (Wildman–Crippen MR) is 126 cm³/mol. The van der Waals surface area contributed by atoms with Crippen molar-refractivity contribution in [2.45, 2.75) is 31.6 Å². The molecule has 1 fully saturated rings. The van der Waals surface area contributed by atoms with Gasteiger partial charge in [-0.25, -0.2) is 0 Å². The summed E-state index contributed by atoms with van der Waals surface area (Å²) >= 11 is 0. The molecule has 1 aliphatic heterocycles. The monoisotopic (exact) mass is 411 g/mol. The van der Waals surface area contributed by atoms with Gasteiger partial charge in [0.2, 0.25) is 0 Å². The first-order chi connectivity index (χ1) is 14.7. The number of hydrogen-bond donors (Lipinski definition) is 2. The SMILES string of the molecule is CNCCN1CCC(c2cccc(NC)c2)CC1.CO/C1=C(C=O)/C=C\C/C=C\C1. The second-order valence-electron chi connectivity index (χ2n) is 7.61. The van der Waals surface area contributed by atoms with E-state index in [9.17, 15) is 4.79 Å². The number of nitrogens with zero attached hydrogens (tertiary/aromatic N) is 1. The molecule has 0 amide bonds. The van der Waals surface area contributed by atoms with Gasteiger partial charge in [0.05, 0.1) is 12.7 Å². The number of allylic oxidation sites excluding steroid dienone is 5. The van der Waals surface area contributed by atoms with Gasteiger partial charge in [-0.2, -0.15) is 0 Å². The van der Waals surface area contributed by atoms with Crippen LogP contribution in [0.5, 0.6) is 0 Å². The van der Waals surface area contributed by atoms with Gasteiger partial charge in [-0.05, 0) is 63.0 Å². The van der Waals surface area contributed by atoms with Crippen LogP contribution in [-0.4, -0.2) is 58.6 Å². The molecule has 1 aliphatic carbocycles. The standard InChI is InChI=1S/C15H25N3.C10H12O2/c1-16-8-11-18-9-6-13(7-10-18)14-4-3-5-15(12-14)17-2;1-12-10-7-5-3-2-4-6-9(10)8-11/h3-5,12-13,16-17H,6-11H2,1-2H3;3-6,8H,2,7H2,1H3/b;5-3-,6-4-,10-9-. The molecule has 2 N–H and O–H groups in total. The van der Waals surface area contributed by atoms with Crippen molar-refractivity contribution < 1.29 is 9.53 Å². The third kappa shape index (κ3) is 7.81. The summed E-state index contributed by atoms with van der Waals surface area (Å²) in [5.41, 5.74) is 3.36. The number of rotatable bonds is 7. The van der Waals surface area contributed by atoms with Crippen molar-refractivity contribution in [2.75, 3.05) is 52.7 Å². The number of likely N-dealkylation sites (tertiary alicyclic amines) is 1. The second-order valence-corrected chi connectivity index (χ2v) is 7.61. The van der Waals surface area contributed by atoms with Crippen molar-refractivity contribution in [3.05, 3.63) is 65.5 Å². The van der Waals surface area contributed by atoms with E-state index in [4.69, 9.17) is 4.74 Å². The fourth-order valence-electron chi connectivity index (χ4n) is 3.79. The van der Waals surface area contributed by atoms with Crippen LogP contribution in [0.2, 0.25) is 0 Å². The van der Waals surface area contributed by atoms with E-state index in [0.29, 0.717) is 12.0 Å². The van der Waals surface area contributed by atoms with E-state index in [1.165, 1.54) is 43.7 Å². The minimum Gasteiger partial charge on any atom is -0.500 e. The number of benzene rings is 1. The van der Waals surface area contributed by atoms with Gasteiger partial charge in [-0.1, -0.05) is 36.4 Å². The molecular formula is C25H37N3O2. The smallest absolute Gasteiger partial charge is 0.153 e. The molecule has 0 unspecified atom stereocenters. The molecule has 0 aromatic heterocycles. The van der Waals surface area contributed by atoms with Gasteiger partial charge in [-0.3, -0.25) is 4.79 Å². The van der Waals surface area contributed by atoms with Gasteiger partial charge in [0.15, 0.2) is 6.29 Å². The first kappa shape index (κ1) is 23.9. The summed E-state index contributed by atoms with van der Waals surface area (Å²) in [5, 5.41) is 6.45. The fourth-order valence-corrected chi connectivity index (χ4v) is 3.79. The summed E-state index contributed by atoms with van der Waals surface area (Å²) in [6, 6.07) is 8.86.